The monoisotopic (exact) mass is 292 g/mol. The average Bonchev–Trinajstić information content (AvgIpc) is 3.00. The van der Waals surface area contributed by atoms with Crippen molar-refractivity contribution in [2.45, 2.75) is 31.9 Å². The quantitative estimate of drug-likeness (QED) is 0.890. The van der Waals surface area contributed by atoms with E-state index in [4.69, 9.17) is 0 Å². The van der Waals surface area contributed by atoms with Crippen molar-refractivity contribution in [1.29, 1.82) is 0 Å². The maximum atomic E-state index is 12.8. The molecule has 1 aliphatic rings. The van der Waals surface area contributed by atoms with Crippen LogP contribution in [0.1, 0.15) is 33.7 Å². The summed E-state index contributed by atoms with van der Waals surface area (Å²) in [6.07, 6.45) is 2.86. The zero-order valence-electron chi connectivity index (χ0n) is 11.1. The number of aliphatic hydroxyl groups is 1. The lowest BCUT2D eigenvalue weighted by molar-refractivity contribution is 0.174. The van der Waals surface area contributed by atoms with Crippen molar-refractivity contribution in [2.24, 2.45) is 0 Å². The van der Waals surface area contributed by atoms with Crippen molar-refractivity contribution in [1.82, 2.24) is 10.3 Å². The molecular formula is C15H17FN2OS. The first-order valence-electron chi connectivity index (χ1n) is 6.84. The summed E-state index contributed by atoms with van der Waals surface area (Å²) in [5, 5.41) is 14.3. The average molecular weight is 292 g/mol. The molecule has 1 heterocycles. The zero-order chi connectivity index (χ0) is 13.9. The fraction of sp³-hybridized carbons (Fsp3) is 0.400. The van der Waals surface area contributed by atoms with E-state index in [1.54, 1.807) is 23.5 Å². The number of fused-ring (bicyclic) bond motifs is 1. The molecular weight excluding hydrogens is 275 g/mol. The lowest BCUT2D eigenvalue weighted by Crippen LogP contribution is -2.21. The Hall–Kier alpha value is -1.30. The first-order chi connectivity index (χ1) is 9.72. The first-order valence-corrected chi connectivity index (χ1v) is 7.66. The zero-order valence-corrected chi connectivity index (χ0v) is 11.9. The summed E-state index contributed by atoms with van der Waals surface area (Å²) in [6, 6.07) is 5.95. The lowest BCUT2D eigenvalue weighted by atomic mass is 10.1. The minimum absolute atomic E-state index is 0.286. The van der Waals surface area contributed by atoms with Crippen molar-refractivity contribution in [2.75, 3.05) is 6.54 Å². The van der Waals surface area contributed by atoms with Gasteiger partial charge in [-0.05, 0) is 37.0 Å². The van der Waals surface area contributed by atoms with Gasteiger partial charge in [0, 0.05) is 18.0 Å². The van der Waals surface area contributed by atoms with Crippen LogP contribution in [0, 0.1) is 5.82 Å². The van der Waals surface area contributed by atoms with Gasteiger partial charge in [0.25, 0.3) is 0 Å². The van der Waals surface area contributed by atoms with E-state index in [-0.39, 0.29) is 5.82 Å². The number of halogens is 1. The molecule has 1 aliphatic carbocycles. The fourth-order valence-corrected chi connectivity index (χ4v) is 3.56. The summed E-state index contributed by atoms with van der Waals surface area (Å²) in [4.78, 5) is 6.01. The molecule has 0 bridgehead atoms. The minimum atomic E-state index is -0.623. The molecule has 1 unspecified atom stereocenters. The predicted octanol–water partition coefficient (Wildman–Crippen LogP) is 2.59. The van der Waals surface area contributed by atoms with Crippen molar-refractivity contribution < 1.29 is 9.50 Å². The predicted molar refractivity (Wildman–Crippen MR) is 77.2 cm³/mol. The highest BCUT2D eigenvalue weighted by molar-refractivity contribution is 7.11. The number of hydrogen-bond donors (Lipinski definition) is 2. The van der Waals surface area contributed by atoms with Crippen LogP contribution in [-0.2, 0) is 19.4 Å². The molecule has 106 valence electrons. The van der Waals surface area contributed by atoms with Crippen molar-refractivity contribution in [3.05, 3.63) is 51.2 Å². The molecule has 20 heavy (non-hydrogen) atoms. The molecule has 3 nitrogen and oxygen atoms in total. The molecule has 1 aromatic heterocycles. The van der Waals surface area contributed by atoms with Crippen LogP contribution in [0.2, 0.25) is 0 Å². The Balaban J connectivity index is 1.50. The third-order valence-electron chi connectivity index (χ3n) is 3.51. The highest BCUT2D eigenvalue weighted by Gasteiger charge is 2.16. The van der Waals surface area contributed by atoms with E-state index in [2.05, 4.69) is 10.3 Å². The Kier molecular flexibility index (Phi) is 4.10. The molecule has 0 saturated heterocycles. The molecule has 5 heteroatoms. The standard InChI is InChI=1S/C15H17FN2OS/c16-11-6-4-10(5-7-11)13(19)8-17-9-15-18-12-2-1-3-14(12)20-15/h4-7,13,17,19H,1-3,8-9H2. The van der Waals surface area contributed by atoms with Gasteiger partial charge in [-0.3, -0.25) is 0 Å². The van der Waals surface area contributed by atoms with Crippen molar-refractivity contribution in [3.8, 4) is 0 Å². The number of benzene rings is 1. The molecule has 0 fully saturated rings. The lowest BCUT2D eigenvalue weighted by Gasteiger charge is -2.11. The Labute approximate surface area is 121 Å². The number of hydrogen-bond acceptors (Lipinski definition) is 4. The fourth-order valence-electron chi connectivity index (χ4n) is 2.44. The van der Waals surface area contributed by atoms with Gasteiger partial charge in [-0.1, -0.05) is 12.1 Å². The summed E-state index contributed by atoms with van der Waals surface area (Å²) in [7, 11) is 0. The van der Waals surface area contributed by atoms with Gasteiger partial charge < -0.3 is 10.4 Å². The van der Waals surface area contributed by atoms with Gasteiger partial charge in [0.05, 0.1) is 11.8 Å². The number of nitrogens with zero attached hydrogens (tertiary/aromatic N) is 1. The number of rotatable bonds is 5. The van der Waals surface area contributed by atoms with Gasteiger partial charge >= 0.3 is 0 Å². The number of aliphatic hydroxyl groups excluding tert-OH is 1. The third kappa shape index (κ3) is 3.06. The second-order valence-electron chi connectivity index (χ2n) is 5.03. The summed E-state index contributed by atoms with van der Waals surface area (Å²) in [5.41, 5.74) is 1.98. The molecule has 2 N–H and O–H groups in total. The van der Waals surface area contributed by atoms with Gasteiger partial charge in [0.15, 0.2) is 0 Å². The molecule has 0 spiro atoms. The number of thiazole rings is 1. The number of nitrogens with one attached hydrogen (secondary N) is 1. The second kappa shape index (κ2) is 5.99. The second-order valence-corrected chi connectivity index (χ2v) is 6.20. The molecule has 0 aliphatic heterocycles. The van der Waals surface area contributed by atoms with E-state index >= 15 is 0 Å². The minimum Gasteiger partial charge on any atom is -0.387 e. The molecule has 2 aromatic rings. The van der Waals surface area contributed by atoms with Gasteiger partial charge in [0.1, 0.15) is 10.8 Å². The van der Waals surface area contributed by atoms with Gasteiger partial charge in [-0.15, -0.1) is 11.3 Å². The Bertz CT molecular complexity index is 561. The van der Waals surface area contributed by atoms with Crippen LogP contribution in [0.5, 0.6) is 0 Å². The molecule has 0 saturated carbocycles. The molecule has 1 atom stereocenters. The van der Waals surface area contributed by atoms with Gasteiger partial charge in [0.2, 0.25) is 0 Å². The van der Waals surface area contributed by atoms with Crippen molar-refractivity contribution >= 4 is 11.3 Å². The Morgan fingerprint density at radius 3 is 2.85 bits per heavy atom. The first kappa shape index (κ1) is 13.7. The van der Waals surface area contributed by atoms with E-state index in [1.807, 2.05) is 0 Å². The number of aryl methyl sites for hydroxylation is 2. The largest absolute Gasteiger partial charge is 0.387 e. The SMILES string of the molecule is OC(CNCc1nc2c(s1)CCC2)c1ccc(F)cc1. The summed E-state index contributed by atoms with van der Waals surface area (Å²) in [6.45, 7) is 1.12. The Morgan fingerprint density at radius 1 is 1.30 bits per heavy atom. The van der Waals surface area contributed by atoms with Crippen LogP contribution < -0.4 is 5.32 Å². The highest BCUT2D eigenvalue weighted by Crippen LogP contribution is 2.27. The Morgan fingerprint density at radius 2 is 2.10 bits per heavy atom. The highest BCUT2D eigenvalue weighted by atomic mass is 32.1. The van der Waals surface area contributed by atoms with Crippen LogP contribution in [0.3, 0.4) is 0 Å². The maximum absolute atomic E-state index is 12.8. The molecule has 3 rings (SSSR count). The normalized spacial score (nSPS) is 15.3. The van der Waals surface area contributed by atoms with E-state index in [0.717, 1.165) is 23.4 Å². The maximum Gasteiger partial charge on any atom is 0.123 e. The third-order valence-corrected chi connectivity index (χ3v) is 4.67. The molecule has 1 aromatic carbocycles. The number of aromatic nitrogens is 1. The van der Waals surface area contributed by atoms with E-state index in [0.29, 0.717) is 13.1 Å². The van der Waals surface area contributed by atoms with Crippen LogP contribution in [-0.4, -0.2) is 16.6 Å². The topological polar surface area (TPSA) is 45.1 Å². The van der Waals surface area contributed by atoms with E-state index in [1.165, 1.54) is 29.1 Å². The van der Waals surface area contributed by atoms with Crippen molar-refractivity contribution in [3.63, 3.8) is 0 Å². The summed E-state index contributed by atoms with van der Waals surface area (Å²) >= 11 is 1.77. The van der Waals surface area contributed by atoms with E-state index < -0.39 is 6.10 Å². The molecule has 0 amide bonds. The smallest absolute Gasteiger partial charge is 0.123 e. The van der Waals surface area contributed by atoms with Gasteiger partial charge in [-0.25, -0.2) is 9.37 Å². The summed E-state index contributed by atoms with van der Waals surface area (Å²) < 4.78 is 12.8. The van der Waals surface area contributed by atoms with Crippen LogP contribution in [0.15, 0.2) is 24.3 Å². The van der Waals surface area contributed by atoms with Crippen LogP contribution in [0.4, 0.5) is 4.39 Å². The van der Waals surface area contributed by atoms with Gasteiger partial charge in [-0.2, -0.15) is 0 Å². The summed E-state index contributed by atoms with van der Waals surface area (Å²) in [5.74, 6) is -0.286. The van der Waals surface area contributed by atoms with Crippen LogP contribution in [0.25, 0.3) is 0 Å². The molecule has 0 radical (unpaired) electrons. The van der Waals surface area contributed by atoms with Crippen LogP contribution >= 0.6 is 11.3 Å². The van der Waals surface area contributed by atoms with E-state index in [9.17, 15) is 9.50 Å².